The van der Waals surface area contributed by atoms with E-state index in [4.69, 9.17) is 10.5 Å². The zero-order chi connectivity index (χ0) is 26.9. The summed E-state index contributed by atoms with van der Waals surface area (Å²) in [4.78, 5) is 6.05. The molecule has 3 aliphatic carbocycles. The van der Waals surface area contributed by atoms with Gasteiger partial charge in [-0.05, 0) is 104 Å². The summed E-state index contributed by atoms with van der Waals surface area (Å²) in [5, 5.41) is 18.2. The Kier molecular flexibility index (Phi) is 6.99. The first kappa shape index (κ1) is 25.3. The molecule has 5 aliphatic rings. The third-order valence-electron chi connectivity index (χ3n) is 8.74. The van der Waals surface area contributed by atoms with E-state index in [0.717, 1.165) is 70.2 Å². The van der Waals surface area contributed by atoms with Crippen LogP contribution < -0.4 is 21.5 Å². The lowest BCUT2D eigenvalue weighted by Crippen LogP contribution is -2.35. The van der Waals surface area contributed by atoms with Crippen LogP contribution in [0.4, 0.5) is 17.6 Å². The predicted octanol–water partition coefficient (Wildman–Crippen LogP) is 4.81. The summed E-state index contributed by atoms with van der Waals surface area (Å²) in [6.07, 6.45) is 22.0. The Labute approximate surface area is 235 Å². The third-order valence-corrected chi connectivity index (χ3v) is 8.74. The van der Waals surface area contributed by atoms with Gasteiger partial charge in [-0.3, -0.25) is 0 Å². The molecule has 2 unspecified atom stereocenters. The highest BCUT2D eigenvalue weighted by Crippen LogP contribution is 2.36. The van der Waals surface area contributed by atoms with Crippen LogP contribution in [0, 0.1) is 0 Å². The Hall–Kier alpha value is -3.69. The van der Waals surface area contributed by atoms with Crippen LogP contribution in [-0.2, 0) is 17.6 Å². The van der Waals surface area contributed by atoms with Crippen LogP contribution in [-0.4, -0.2) is 46.4 Å². The van der Waals surface area contributed by atoms with Gasteiger partial charge in [0.25, 0.3) is 5.95 Å². The van der Waals surface area contributed by atoms with Gasteiger partial charge in [-0.15, -0.1) is 9.89 Å². The van der Waals surface area contributed by atoms with Gasteiger partial charge in [0.1, 0.15) is 0 Å². The minimum atomic E-state index is 0.289. The number of nitrogen functional groups attached to an aromatic ring is 1. The summed E-state index contributed by atoms with van der Waals surface area (Å²) in [6, 6.07) is 7.13. The van der Waals surface area contributed by atoms with Gasteiger partial charge in [0.05, 0.1) is 18.5 Å². The van der Waals surface area contributed by atoms with Crippen LogP contribution in [0.2, 0.25) is 0 Å². The molecule has 0 radical (unpaired) electrons. The van der Waals surface area contributed by atoms with Gasteiger partial charge in [0.15, 0.2) is 0 Å². The van der Waals surface area contributed by atoms with Crippen molar-refractivity contribution >= 4 is 23.8 Å². The Morgan fingerprint density at radius 2 is 1.93 bits per heavy atom. The number of anilines is 3. The lowest BCUT2D eigenvalue weighted by atomic mass is 9.91. The Balaban J connectivity index is 1.03. The van der Waals surface area contributed by atoms with Crippen LogP contribution in [0.25, 0.3) is 0 Å². The number of benzene rings is 1. The fraction of sp³-hybridized carbons (Fsp3) is 0.452. The quantitative estimate of drug-likeness (QED) is 0.454. The summed E-state index contributed by atoms with van der Waals surface area (Å²) < 4.78 is 5.79. The smallest absolute Gasteiger partial charge is 0.250 e. The molecule has 4 N–H and O–H groups in total. The van der Waals surface area contributed by atoms with Crippen molar-refractivity contribution in [2.24, 2.45) is 5.10 Å². The van der Waals surface area contributed by atoms with Crippen molar-refractivity contribution in [3.8, 4) is 0 Å². The van der Waals surface area contributed by atoms with E-state index in [0.29, 0.717) is 18.1 Å². The molecule has 1 saturated heterocycles. The van der Waals surface area contributed by atoms with Crippen molar-refractivity contribution in [3.63, 3.8) is 0 Å². The third kappa shape index (κ3) is 5.23. The van der Waals surface area contributed by atoms with Crippen molar-refractivity contribution in [2.45, 2.75) is 76.4 Å². The highest BCUT2D eigenvalue weighted by molar-refractivity contribution is 5.89. The van der Waals surface area contributed by atoms with Gasteiger partial charge in [0, 0.05) is 30.5 Å². The molecule has 2 atom stereocenters. The van der Waals surface area contributed by atoms with E-state index in [9.17, 15) is 0 Å². The number of nitrogens with two attached hydrogens (primary N) is 1. The number of nitrogens with zero attached hydrogens (tertiary/aromatic N) is 5. The second kappa shape index (κ2) is 11.1. The van der Waals surface area contributed by atoms with Gasteiger partial charge < -0.3 is 21.1 Å². The van der Waals surface area contributed by atoms with E-state index in [1.165, 1.54) is 46.3 Å². The second-order valence-corrected chi connectivity index (χ2v) is 11.4. The SMILES string of the molecule is Nc1nc(Nc2ccc3c(c2)CCC(NCC2CCCO2)CC3)nn1N1C=C2CCCC3=CC=CCC3=C2C=N1. The summed E-state index contributed by atoms with van der Waals surface area (Å²) in [5.41, 5.74) is 15.4. The summed E-state index contributed by atoms with van der Waals surface area (Å²) in [7, 11) is 0. The average molecular weight is 539 g/mol. The van der Waals surface area contributed by atoms with Crippen LogP contribution in [0.5, 0.6) is 0 Å². The minimum absolute atomic E-state index is 0.289. The molecule has 1 aromatic carbocycles. The molecule has 0 bridgehead atoms. The summed E-state index contributed by atoms with van der Waals surface area (Å²) >= 11 is 0. The average Bonchev–Trinajstić information content (AvgIpc) is 3.52. The number of fused-ring (bicyclic) bond motifs is 3. The number of allylic oxidation sites excluding steroid dienone is 7. The minimum Gasteiger partial charge on any atom is -0.377 e. The Bertz CT molecular complexity index is 1420. The van der Waals surface area contributed by atoms with E-state index in [1.807, 2.05) is 12.4 Å². The van der Waals surface area contributed by atoms with Crippen LogP contribution >= 0.6 is 0 Å². The molecule has 40 heavy (non-hydrogen) atoms. The number of nitrogens with one attached hydrogen (secondary N) is 2. The number of hydrogen-bond acceptors (Lipinski definition) is 8. The normalized spacial score (nSPS) is 24.1. The van der Waals surface area contributed by atoms with E-state index < -0.39 is 0 Å². The van der Waals surface area contributed by atoms with Crippen LogP contribution in [0.15, 0.2) is 70.0 Å². The molecule has 208 valence electrons. The Morgan fingerprint density at radius 1 is 1.02 bits per heavy atom. The largest absolute Gasteiger partial charge is 0.377 e. The van der Waals surface area contributed by atoms with E-state index in [2.05, 4.69) is 62.2 Å². The van der Waals surface area contributed by atoms with Crippen molar-refractivity contribution in [1.29, 1.82) is 0 Å². The van der Waals surface area contributed by atoms with Gasteiger partial charge in [-0.25, -0.2) is 0 Å². The van der Waals surface area contributed by atoms with Gasteiger partial charge in [0.2, 0.25) is 5.95 Å². The molecule has 1 fully saturated rings. The molecule has 9 nitrogen and oxygen atoms in total. The molecule has 3 heterocycles. The fourth-order valence-corrected chi connectivity index (χ4v) is 6.55. The maximum absolute atomic E-state index is 6.31. The molecule has 0 spiro atoms. The van der Waals surface area contributed by atoms with Crippen molar-refractivity contribution < 1.29 is 4.74 Å². The molecule has 2 aliphatic heterocycles. The fourth-order valence-electron chi connectivity index (χ4n) is 6.55. The van der Waals surface area contributed by atoms with Gasteiger partial charge in [-0.1, -0.05) is 24.3 Å². The number of hydrogen-bond donors (Lipinski definition) is 3. The second-order valence-electron chi connectivity index (χ2n) is 11.4. The van der Waals surface area contributed by atoms with Gasteiger partial charge >= 0.3 is 0 Å². The molecule has 9 heteroatoms. The van der Waals surface area contributed by atoms with E-state index in [-0.39, 0.29) is 5.95 Å². The number of hydrazone groups is 1. The summed E-state index contributed by atoms with van der Waals surface area (Å²) in [5.74, 6) is 0.751. The summed E-state index contributed by atoms with van der Waals surface area (Å²) in [6.45, 7) is 1.88. The zero-order valence-electron chi connectivity index (χ0n) is 23.0. The Morgan fingerprint density at radius 3 is 2.83 bits per heavy atom. The van der Waals surface area contributed by atoms with Crippen LogP contribution in [0.1, 0.15) is 62.5 Å². The molecular weight excluding hydrogens is 500 g/mol. The standard InChI is InChI=1S/C31H38N8O/c32-30-36-31(37-39(30)38-20-24-7-3-6-22-5-1-2-9-28(22)29(24)19-34-38)35-26-15-11-21-10-13-25(14-12-23(21)17-26)33-18-27-8-4-16-40-27/h1-2,5,11,15,17,19-20,25,27,33H,3-4,6-10,12-14,16,18H2,(H3,32,35,36,37). The predicted molar refractivity (Wildman–Crippen MR) is 159 cm³/mol. The topological polar surface area (TPSA) is 106 Å². The molecular formula is C31H38N8O. The molecule has 2 aromatic rings. The van der Waals surface area contributed by atoms with Crippen LogP contribution in [0.3, 0.4) is 0 Å². The number of aryl methyl sites for hydroxylation is 2. The van der Waals surface area contributed by atoms with E-state index >= 15 is 0 Å². The monoisotopic (exact) mass is 538 g/mol. The lowest BCUT2D eigenvalue weighted by molar-refractivity contribution is 0.107. The van der Waals surface area contributed by atoms with Gasteiger partial charge in [-0.2, -0.15) is 15.2 Å². The molecule has 0 saturated carbocycles. The lowest BCUT2D eigenvalue weighted by Gasteiger charge is -2.22. The highest BCUT2D eigenvalue weighted by Gasteiger charge is 2.24. The number of aromatic nitrogens is 3. The first-order chi connectivity index (χ1) is 19.7. The molecule has 7 rings (SSSR count). The first-order valence-corrected chi connectivity index (χ1v) is 14.8. The first-order valence-electron chi connectivity index (χ1n) is 14.8. The molecule has 1 aromatic heterocycles. The number of ether oxygens (including phenoxy) is 1. The van der Waals surface area contributed by atoms with Crippen molar-refractivity contribution in [3.05, 3.63) is 76.0 Å². The number of rotatable bonds is 6. The molecule has 0 amide bonds. The maximum Gasteiger partial charge on any atom is 0.250 e. The van der Waals surface area contributed by atoms with Crippen molar-refractivity contribution in [2.75, 3.05) is 29.3 Å². The van der Waals surface area contributed by atoms with Crippen molar-refractivity contribution in [1.82, 2.24) is 20.2 Å². The highest BCUT2D eigenvalue weighted by atomic mass is 16.5. The zero-order valence-corrected chi connectivity index (χ0v) is 23.0. The maximum atomic E-state index is 6.31. The van der Waals surface area contributed by atoms with E-state index in [1.54, 1.807) is 9.91 Å².